The zero-order valence-corrected chi connectivity index (χ0v) is 17.4. The van der Waals surface area contributed by atoms with Gasteiger partial charge < -0.3 is 16.0 Å². The molecule has 1 spiro atoms. The molecular weight excluding hydrogens is 420 g/mol. The van der Waals surface area contributed by atoms with E-state index in [2.05, 4.69) is 25.9 Å². The highest BCUT2D eigenvalue weighted by Crippen LogP contribution is 2.56. The summed E-state index contributed by atoms with van der Waals surface area (Å²) >= 11 is 6.48. The summed E-state index contributed by atoms with van der Waals surface area (Å²) in [4.78, 5) is 46.6. The molecule has 160 valence electrons. The third-order valence-corrected chi connectivity index (χ3v) is 7.44. The summed E-state index contributed by atoms with van der Waals surface area (Å²) in [5.41, 5.74) is -0.524. The highest BCUT2D eigenvalue weighted by atomic mass is 35.5. The van der Waals surface area contributed by atoms with Gasteiger partial charge in [0.1, 0.15) is 35.0 Å². The molecule has 0 atom stereocenters. The van der Waals surface area contributed by atoms with Gasteiger partial charge in [-0.1, -0.05) is 11.6 Å². The highest BCUT2D eigenvalue weighted by Gasteiger charge is 2.61. The molecule has 2 aromatic heterocycles. The number of carbonyl (C=O) groups is 2. The van der Waals surface area contributed by atoms with E-state index < -0.39 is 5.66 Å². The molecule has 3 N–H and O–H groups in total. The number of amides is 2. The summed E-state index contributed by atoms with van der Waals surface area (Å²) in [6, 6.07) is 3.04. The Balaban J connectivity index is 1.38. The van der Waals surface area contributed by atoms with Crippen molar-refractivity contribution in [3.63, 3.8) is 0 Å². The second kappa shape index (κ2) is 6.53. The van der Waals surface area contributed by atoms with Gasteiger partial charge >= 0.3 is 0 Å². The van der Waals surface area contributed by atoms with Crippen LogP contribution in [0, 0.1) is 17.8 Å². The Morgan fingerprint density at radius 2 is 1.74 bits per heavy atom. The number of nitrogens with zero attached hydrogens (tertiary/aromatic N) is 3. The van der Waals surface area contributed by atoms with Crippen LogP contribution in [-0.2, 0) is 10.5 Å². The third kappa shape index (κ3) is 2.72. The molecule has 3 fully saturated rings. The van der Waals surface area contributed by atoms with Crippen molar-refractivity contribution in [1.29, 1.82) is 0 Å². The molecule has 2 amide bonds. The molecule has 0 radical (unpaired) electrons. The van der Waals surface area contributed by atoms with Crippen molar-refractivity contribution in [2.24, 2.45) is 17.8 Å². The van der Waals surface area contributed by atoms with Gasteiger partial charge in [-0.05, 0) is 44.6 Å². The zero-order chi connectivity index (χ0) is 21.3. The van der Waals surface area contributed by atoms with Crippen LogP contribution in [0.3, 0.4) is 0 Å². The number of anilines is 3. The van der Waals surface area contributed by atoms with Crippen LogP contribution < -0.4 is 21.5 Å². The Labute approximate surface area is 182 Å². The van der Waals surface area contributed by atoms with Gasteiger partial charge in [0.25, 0.3) is 11.5 Å². The number of aromatic nitrogens is 3. The first-order valence-corrected chi connectivity index (χ1v) is 11.0. The van der Waals surface area contributed by atoms with Gasteiger partial charge in [-0.2, -0.15) is 0 Å². The van der Waals surface area contributed by atoms with Gasteiger partial charge in [-0.25, -0.2) is 9.97 Å². The lowest BCUT2D eigenvalue weighted by atomic mass is 9.98. The number of fused-ring (bicyclic) bond motifs is 1. The molecule has 1 aliphatic heterocycles. The van der Waals surface area contributed by atoms with Crippen molar-refractivity contribution in [2.75, 3.05) is 10.6 Å². The van der Waals surface area contributed by atoms with Crippen molar-refractivity contribution in [3.8, 4) is 0 Å². The number of hydrogen-bond donors (Lipinski definition) is 3. The number of hydrogen-bond acceptors (Lipinski definition) is 6. The molecule has 0 saturated heterocycles. The van der Waals surface area contributed by atoms with Crippen LogP contribution in [0.1, 0.15) is 49.0 Å². The van der Waals surface area contributed by atoms with Crippen LogP contribution in [0.2, 0.25) is 5.02 Å². The molecule has 3 saturated carbocycles. The maximum atomic E-state index is 13.5. The maximum absolute atomic E-state index is 13.5. The molecule has 10 heteroatoms. The van der Waals surface area contributed by atoms with Crippen LogP contribution in [0.25, 0.3) is 0 Å². The number of carbonyl (C=O) groups excluding carboxylic acids is 2. The van der Waals surface area contributed by atoms with Gasteiger partial charge in [-0.3, -0.25) is 19.0 Å². The van der Waals surface area contributed by atoms with Crippen molar-refractivity contribution in [2.45, 2.75) is 44.2 Å². The van der Waals surface area contributed by atoms with Crippen molar-refractivity contribution in [3.05, 3.63) is 39.5 Å². The van der Waals surface area contributed by atoms with Gasteiger partial charge in [0, 0.05) is 23.8 Å². The molecule has 0 aromatic carbocycles. The van der Waals surface area contributed by atoms with Crippen LogP contribution in [0.5, 0.6) is 0 Å². The summed E-state index contributed by atoms with van der Waals surface area (Å²) < 4.78 is 1.59. The van der Waals surface area contributed by atoms with Gasteiger partial charge in [-0.15, -0.1) is 0 Å². The Hall–Kier alpha value is -2.94. The quantitative estimate of drug-likeness (QED) is 0.672. The smallest absolute Gasteiger partial charge is 0.276 e. The number of pyridine rings is 1. The monoisotopic (exact) mass is 440 g/mol. The second-order valence-corrected chi connectivity index (χ2v) is 9.31. The zero-order valence-electron chi connectivity index (χ0n) is 16.7. The summed E-state index contributed by atoms with van der Waals surface area (Å²) in [5, 5.41) is 9.12. The van der Waals surface area contributed by atoms with E-state index >= 15 is 0 Å². The molecule has 2 aromatic rings. The minimum atomic E-state index is -0.681. The molecular formula is C21H21ClN6O3. The fraction of sp³-hybridized carbons (Fsp3) is 0.476. The molecule has 0 unspecified atom stereocenters. The molecule has 6 rings (SSSR count). The van der Waals surface area contributed by atoms with Crippen LogP contribution in [-0.4, -0.2) is 26.3 Å². The van der Waals surface area contributed by atoms with Gasteiger partial charge in [0.05, 0.1) is 5.02 Å². The number of halogens is 1. The molecule has 9 nitrogen and oxygen atoms in total. The molecule has 31 heavy (non-hydrogen) atoms. The SMILES string of the molecule is O=C1NC2(C3CCC2CC3)n2c1c(Cl)cc(Nc1cc(NC(=O)C3CC3)ncn1)c2=O. The van der Waals surface area contributed by atoms with Crippen LogP contribution in [0.15, 0.2) is 23.3 Å². The lowest BCUT2D eigenvalue weighted by molar-refractivity contribution is -0.117. The van der Waals surface area contributed by atoms with Gasteiger partial charge in [0.15, 0.2) is 0 Å². The first kappa shape index (κ1) is 18.8. The average molecular weight is 441 g/mol. The fourth-order valence-corrected chi connectivity index (χ4v) is 5.90. The fourth-order valence-electron chi connectivity index (χ4n) is 5.62. The van der Waals surface area contributed by atoms with E-state index in [4.69, 9.17) is 11.6 Å². The highest BCUT2D eigenvalue weighted by molar-refractivity contribution is 6.34. The normalized spacial score (nSPS) is 28.0. The third-order valence-electron chi connectivity index (χ3n) is 7.15. The van der Waals surface area contributed by atoms with Crippen LogP contribution in [0.4, 0.5) is 17.3 Å². The number of rotatable bonds is 4. The Morgan fingerprint density at radius 3 is 2.42 bits per heavy atom. The Kier molecular flexibility index (Phi) is 3.96. The Bertz CT molecular complexity index is 1170. The van der Waals surface area contributed by atoms with E-state index in [1.165, 1.54) is 12.4 Å². The number of nitrogens with one attached hydrogen (secondary N) is 3. The van der Waals surface area contributed by atoms with E-state index in [-0.39, 0.29) is 51.5 Å². The lowest BCUT2D eigenvalue weighted by Gasteiger charge is -2.32. The standard InChI is InChI=1S/C21H21ClN6O3/c22-13-7-14(25-15-8-16(24-9-23-15)26-18(29)10-1-2-10)20(31)28-17(13)19(30)27-21(28)11-3-4-12(21)6-5-11/h7-12H,1-6H2,(H,27,30)(H2,23,24,25,26,29). The van der Waals surface area contributed by atoms with Crippen molar-refractivity contribution >= 4 is 40.7 Å². The Morgan fingerprint density at radius 1 is 1.06 bits per heavy atom. The predicted molar refractivity (Wildman–Crippen MR) is 113 cm³/mol. The van der Waals surface area contributed by atoms with E-state index in [1.54, 1.807) is 10.6 Å². The van der Waals surface area contributed by atoms with Crippen LogP contribution >= 0.6 is 11.6 Å². The first-order valence-electron chi connectivity index (χ1n) is 10.7. The van der Waals surface area contributed by atoms with Gasteiger partial charge in [0.2, 0.25) is 5.91 Å². The topological polar surface area (TPSA) is 118 Å². The lowest BCUT2D eigenvalue weighted by Crippen LogP contribution is -2.51. The minimum Gasteiger partial charge on any atom is -0.336 e. The summed E-state index contributed by atoms with van der Waals surface area (Å²) in [6.45, 7) is 0. The van der Waals surface area contributed by atoms with E-state index in [0.717, 1.165) is 38.5 Å². The largest absolute Gasteiger partial charge is 0.336 e. The molecule has 2 bridgehead atoms. The molecule has 3 heterocycles. The molecule has 4 aliphatic rings. The summed E-state index contributed by atoms with van der Waals surface area (Å²) in [7, 11) is 0. The first-order chi connectivity index (χ1) is 15.0. The average Bonchev–Trinajstić information content (AvgIpc) is 3.41. The van der Waals surface area contributed by atoms with E-state index in [9.17, 15) is 14.4 Å². The predicted octanol–water partition coefficient (Wildman–Crippen LogP) is 2.60. The molecule has 3 aliphatic carbocycles. The maximum Gasteiger partial charge on any atom is 0.276 e. The van der Waals surface area contributed by atoms with E-state index in [1.807, 2.05) is 0 Å². The second-order valence-electron chi connectivity index (χ2n) is 8.90. The van der Waals surface area contributed by atoms with Crippen molar-refractivity contribution in [1.82, 2.24) is 19.9 Å². The van der Waals surface area contributed by atoms with Crippen molar-refractivity contribution < 1.29 is 9.59 Å². The summed E-state index contributed by atoms with van der Waals surface area (Å²) in [5.74, 6) is 0.882. The van der Waals surface area contributed by atoms with E-state index in [0.29, 0.717) is 11.6 Å². The summed E-state index contributed by atoms with van der Waals surface area (Å²) in [6.07, 6.45) is 7.06. The minimum absolute atomic E-state index is 0.0505.